The topological polar surface area (TPSA) is 90.2 Å². The fraction of sp³-hybridized carbons (Fsp3) is 0.533. The number of nitrogens with zero attached hydrogens (tertiary/aromatic N) is 4. The Morgan fingerprint density at radius 2 is 2.32 bits per heavy atom. The molecule has 1 aliphatic rings. The number of amides is 1. The maximum Gasteiger partial charge on any atom is 0.276 e. The van der Waals surface area contributed by atoms with Crippen molar-refractivity contribution in [3.05, 3.63) is 36.0 Å². The Morgan fingerprint density at radius 1 is 1.41 bits per heavy atom. The number of nitrogens with two attached hydrogens (primary N) is 1. The lowest BCUT2D eigenvalue weighted by Crippen LogP contribution is -2.35. The molecule has 22 heavy (non-hydrogen) atoms. The van der Waals surface area contributed by atoms with Crippen molar-refractivity contribution in [3.63, 3.8) is 0 Å². The minimum atomic E-state index is -0.0911. The van der Waals surface area contributed by atoms with Gasteiger partial charge in [0.15, 0.2) is 5.69 Å². The quantitative estimate of drug-likeness (QED) is 0.926. The second-order valence-electron chi connectivity index (χ2n) is 5.53. The summed E-state index contributed by atoms with van der Waals surface area (Å²) < 4.78 is 7.14. The lowest BCUT2D eigenvalue weighted by Gasteiger charge is -2.27. The van der Waals surface area contributed by atoms with E-state index in [1.54, 1.807) is 17.1 Å². The molecule has 2 N–H and O–H groups in total. The molecular formula is C15H21N5O2. The molecule has 1 amide bonds. The van der Waals surface area contributed by atoms with Crippen LogP contribution in [0.1, 0.15) is 48.0 Å². The number of aromatic nitrogens is 3. The van der Waals surface area contributed by atoms with Gasteiger partial charge in [-0.2, -0.15) is 0 Å². The largest absolute Gasteiger partial charge is 0.467 e. The molecule has 3 rings (SSSR count). The van der Waals surface area contributed by atoms with Gasteiger partial charge in [0.2, 0.25) is 0 Å². The van der Waals surface area contributed by atoms with E-state index in [4.69, 9.17) is 10.2 Å². The fourth-order valence-corrected chi connectivity index (χ4v) is 2.91. The second kappa shape index (κ2) is 6.74. The van der Waals surface area contributed by atoms with Gasteiger partial charge in [-0.25, -0.2) is 0 Å². The number of furan rings is 1. The molecule has 0 unspecified atom stereocenters. The SMILES string of the molecule is NCCn1cc(C(=O)N2CCCCC[C@@H]2c2ccco2)nn1. The van der Waals surface area contributed by atoms with E-state index in [1.807, 2.05) is 17.0 Å². The molecule has 1 saturated heterocycles. The first-order chi connectivity index (χ1) is 10.8. The standard InChI is InChI=1S/C15H21N5O2/c16-7-9-19-11-12(17-18-19)15(21)20-8-3-1-2-5-13(20)14-6-4-10-22-14/h4,6,10-11,13H,1-3,5,7-9,16H2/t13-/m1/s1. The number of hydrogen-bond donors (Lipinski definition) is 1. The van der Waals surface area contributed by atoms with Crippen molar-refractivity contribution in [2.75, 3.05) is 13.1 Å². The Bertz CT molecular complexity index is 607. The van der Waals surface area contributed by atoms with Gasteiger partial charge in [0.1, 0.15) is 5.76 Å². The molecular weight excluding hydrogens is 282 g/mol. The third kappa shape index (κ3) is 3.04. The highest BCUT2D eigenvalue weighted by molar-refractivity contribution is 5.92. The summed E-state index contributed by atoms with van der Waals surface area (Å²) >= 11 is 0. The summed E-state index contributed by atoms with van der Waals surface area (Å²) in [6.07, 6.45) is 7.45. The minimum absolute atomic E-state index is 0.0235. The van der Waals surface area contributed by atoms with Gasteiger partial charge < -0.3 is 15.1 Å². The molecule has 1 aliphatic heterocycles. The monoisotopic (exact) mass is 303 g/mol. The molecule has 0 saturated carbocycles. The van der Waals surface area contributed by atoms with Gasteiger partial charge in [0.25, 0.3) is 5.91 Å². The van der Waals surface area contributed by atoms with E-state index in [9.17, 15) is 4.79 Å². The molecule has 118 valence electrons. The Labute approximate surface area is 129 Å². The highest BCUT2D eigenvalue weighted by atomic mass is 16.3. The van der Waals surface area contributed by atoms with Crippen LogP contribution in [0, 0.1) is 0 Å². The van der Waals surface area contributed by atoms with Crippen LogP contribution in [0.2, 0.25) is 0 Å². The zero-order valence-electron chi connectivity index (χ0n) is 12.5. The van der Waals surface area contributed by atoms with Crippen molar-refractivity contribution in [1.29, 1.82) is 0 Å². The Kier molecular flexibility index (Phi) is 4.53. The van der Waals surface area contributed by atoms with Gasteiger partial charge in [0.05, 0.1) is 25.0 Å². The van der Waals surface area contributed by atoms with Crippen LogP contribution in [-0.4, -0.2) is 38.9 Å². The van der Waals surface area contributed by atoms with E-state index in [0.29, 0.717) is 25.3 Å². The molecule has 3 heterocycles. The smallest absolute Gasteiger partial charge is 0.276 e. The van der Waals surface area contributed by atoms with E-state index in [1.165, 1.54) is 0 Å². The first-order valence-corrected chi connectivity index (χ1v) is 7.74. The molecule has 1 fully saturated rings. The van der Waals surface area contributed by atoms with Crippen LogP contribution in [0.15, 0.2) is 29.0 Å². The van der Waals surface area contributed by atoms with Gasteiger partial charge in [-0.15, -0.1) is 5.10 Å². The van der Waals surface area contributed by atoms with E-state index in [0.717, 1.165) is 31.4 Å². The Hall–Kier alpha value is -2.15. The van der Waals surface area contributed by atoms with E-state index in [-0.39, 0.29) is 11.9 Å². The minimum Gasteiger partial charge on any atom is -0.467 e. The number of rotatable bonds is 4. The molecule has 7 heteroatoms. The molecule has 7 nitrogen and oxygen atoms in total. The first-order valence-electron chi connectivity index (χ1n) is 7.74. The molecule has 0 spiro atoms. The molecule has 0 radical (unpaired) electrons. The van der Waals surface area contributed by atoms with Crippen LogP contribution >= 0.6 is 0 Å². The predicted molar refractivity (Wildman–Crippen MR) is 80.0 cm³/mol. The Morgan fingerprint density at radius 3 is 3.09 bits per heavy atom. The summed E-state index contributed by atoms with van der Waals surface area (Å²) in [4.78, 5) is 14.7. The number of likely N-dealkylation sites (tertiary alicyclic amines) is 1. The van der Waals surface area contributed by atoms with Gasteiger partial charge in [-0.05, 0) is 25.0 Å². The molecule has 2 aromatic heterocycles. The zero-order valence-corrected chi connectivity index (χ0v) is 12.5. The average Bonchev–Trinajstić information content (AvgIpc) is 3.15. The third-order valence-corrected chi connectivity index (χ3v) is 4.00. The van der Waals surface area contributed by atoms with Crippen molar-refractivity contribution in [2.24, 2.45) is 5.73 Å². The maximum atomic E-state index is 12.8. The van der Waals surface area contributed by atoms with E-state index < -0.39 is 0 Å². The summed E-state index contributed by atoms with van der Waals surface area (Å²) in [5.41, 5.74) is 5.87. The van der Waals surface area contributed by atoms with Gasteiger partial charge in [-0.1, -0.05) is 18.1 Å². The van der Waals surface area contributed by atoms with Crippen molar-refractivity contribution < 1.29 is 9.21 Å². The van der Waals surface area contributed by atoms with Gasteiger partial charge in [-0.3, -0.25) is 9.48 Å². The molecule has 1 atom stereocenters. The number of carbonyl (C=O) groups excluding carboxylic acids is 1. The summed E-state index contributed by atoms with van der Waals surface area (Å²) in [5.74, 6) is 0.746. The zero-order chi connectivity index (χ0) is 15.4. The summed E-state index contributed by atoms with van der Waals surface area (Å²) in [6, 6.07) is 3.77. The van der Waals surface area contributed by atoms with Crippen LogP contribution < -0.4 is 5.73 Å². The summed E-state index contributed by atoms with van der Waals surface area (Å²) in [7, 11) is 0. The van der Waals surface area contributed by atoms with Crippen LogP contribution in [-0.2, 0) is 6.54 Å². The van der Waals surface area contributed by atoms with Crippen molar-refractivity contribution in [2.45, 2.75) is 38.3 Å². The average molecular weight is 303 g/mol. The summed E-state index contributed by atoms with van der Waals surface area (Å²) in [6.45, 7) is 1.74. The van der Waals surface area contributed by atoms with Gasteiger partial charge >= 0.3 is 0 Å². The fourth-order valence-electron chi connectivity index (χ4n) is 2.91. The number of hydrogen-bond acceptors (Lipinski definition) is 5. The lowest BCUT2D eigenvalue weighted by atomic mass is 10.1. The van der Waals surface area contributed by atoms with Crippen LogP contribution in [0.3, 0.4) is 0 Å². The molecule has 0 aliphatic carbocycles. The number of carbonyl (C=O) groups is 1. The van der Waals surface area contributed by atoms with Crippen LogP contribution in [0.5, 0.6) is 0 Å². The van der Waals surface area contributed by atoms with Crippen molar-refractivity contribution in [3.8, 4) is 0 Å². The predicted octanol–water partition coefficient (Wildman–Crippen LogP) is 1.59. The molecule has 0 bridgehead atoms. The summed E-state index contributed by atoms with van der Waals surface area (Å²) in [5, 5.41) is 7.94. The second-order valence-corrected chi connectivity index (χ2v) is 5.53. The van der Waals surface area contributed by atoms with Crippen LogP contribution in [0.4, 0.5) is 0 Å². The highest BCUT2D eigenvalue weighted by Crippen LogP contribution is 2.31. The maximum absolute atomic E-state index is 12.8. The normalized spacial score (nSPS) is 19.1. The van der Waals surface area contributed by atoms with E-state index in [2.05, 4.69) is 10.3 Å². The van der Waals surface area contributed by atoms with Crippen molar-refractivity contribution in [1.82, 2.24) is 19.9 Å². The molecule has 0 aromatic carbocycles. The van der Waals surface area contributed by atoms with E-state index >= 15 is 0 Å². The van der Waals surface area contributed by atoms with Crippen molar-refractivity contribution >= 4 is 5.91 Å². The van der Waals surface area contributed by atoms with Crippen LogP contribution in [0.25, 0.3) is 0 Å². The third-order valence-electron chi connectivity index (χ3n) is 4.00. The highest BCUT2D eigenvalue weighted by Gasteiger charge is 2.30. The first kappa shape index (κ1) is 14.8. The molecule has 2 aromatic rings. The Balaban J connectivity index is 1.83. The van der Waals surface area contributed by atoms with Gasteiger partial charge in [0, 0.05) is 13.1 Å². The lowest BCUT2D eigenvalue weighted by molar-refractivity contribution is 0.0652.